The van der Waals surface area contributed by atoms with Crippen molar-refractivity contribution in [2.45, 2.75) is 50.5 Å². The fraction of sp³-hybridized carbons (Fsp3) is 0.500. The van der Waals surface area contributed by atoms with Crippen molar-refractivity contribution in [3.8, 4) is 5.75 Å². The fourth-order valence-electron chi connectivity index (χ4n) is 3.85. The molecule has 3 rings (SSSR count). The van der Waals surface area contributed by atoms with Gasteiger partial charge in [-0.15, -0.1) is 0 Å². The molecule has 1 saturated carbocycles. The van der Waals surface area contributed by atoms with Gasteiger partial charge in [-0.05, 0) is 49.3 Å². The minimum absolute atomic E-state index is 0.124. The Labute approximate surface area is 130 Å². The van der Waals surface area contributed by atoms with E-state index in [1.165, 1.54) is 6.08 Å². The second-order valence-corrected chi connectivity index (χ2v) is 6.45. The molecule has 1 fully saturated rings. The van der Waals surface area contributed by atoms with Crippen LogP contribution in [0.25, 0.3) is 0 Å². The van der Waals surface area contributed by atoms with Crippen LogP contribution in [0.15, 0.2) is 36.1 Å². The Morgan fingerprint density at radius 2 is 2.00 bits per heavy atom. The van der Waals surface area contributed by atoms with Gasteiger partial charge < -0.3 is 14.9 Å². The fourth-order valence-corrected chi connectivity index (χ4v) is 3.85. The molecule has 4 heteroatoms. The lowest BCUT2D eigenvalue weighted by Crippen LogP contribution is -2.44. The molecule has 2 aliphatic rings. The molecule has 0 amide bonds. The first-order chi connectivity index (χ1) is 10.6. The first-order valence-electron chi connectivity index (χ1n) is 7.98. The second kappa shape index (κ2) is 6.03. The minimum Gasteiger partial charge on any atom is -0.512 e. The predicted octanol–water partition coefficient (Wildman–Crippen LogP) is 3.64. The van der Waals surface area contributed by atoms with Crippen molar-refractivity contribution < 1.29 is 19.7 Å². The highest BCUT2D eigenvalue weighted by molar-refractivity contribution is 5.83. The number of carbonyl (C=O) groups is 1. The summed E-state index contributed by atoms with van der Waals surface area (Å²) in [6.07, 6.45) is 7.36. The average Bonchev–Trinajstić information content (AvgIpc) is 2.99. The van der Waals surface area contributed by atoms with Gasteiger partial charge in [0.05, 0.1) is 6.08 Å². The van der Waals surface area contributed by atoms with Gasteiger partial charge in [-0.3, -0.25) is 0 Å². The number of aromatic hydroxyl groups is 1. The first kappa shape index (κ1) is 14.9. The number of ether oxygens (including phenoxy) is 1. The summed E-state index contributed by atoms with van der Waals surface area (Å²) < 4.78 is 5.74. The number of hydrogen-bond donors (Lipinski definition) is 2. The van der Waals surface area contributed by atoms with E-state index in [1.807, 2.05) is 12.1 Å². The summed E-state index contributed by atoms with van der Waals surface area (Å²) in [5.41, 5.74) is 0.417. The molecule has 1 aliphatic carbocycles. The zero-order valence-corrected chi connectivity index (χ0v) is 12.6. The number of hydrogen-bond acceptors (Lipinski definition) is 4. The van der Waals surface area contributed by atoms with E-state index >= 15 is 0 Å². The molecule has 0 bridgehead atoms. The summed E-state index contributed by atoms with van der Waals surface area (Å²) in [5, 5.41) is 19.5. The predicted molar refractivity (Wildman–Crippen MR) is 82.5 cm³/mol. The monoisotopic (exact) mass is 302 g/mol. The van der Waals surface area contributed by atoms with Crippen molar-refractivity contribution in [3.05, 3.63) is 41.7 Å². The van der Waals surface area contributed by atoms with E-state index in [9.17, 15) is 15.0 Å². The minimum atomic E-state index is -0.599. The van der Waals surface area contributed by atoms with Crippen molar-refractivity contribution in [1.29, 1.82) is 0 Å². The van der Waals surface area contributed by atoms with Gasteiger partial charge in [-0.25, -0.2) is 4.79 Å². The number of carbonyl (C=O) groups excluding carboxylic acids is 1. The summed E-state index contributed by atoms with van der Waals surface area (Å²) in [7, 11) is 0. The lowest BCUT2D eigenvalue weighted by Gasteiger charge is -2.40. The van der Waals surface area contributed by atoms with Crippen LogP contribution in [-0.4, -0.2) is 21.8 Å². The van der Waals surface area contributed by atoms with Crippen LogP contribution in [0, 0.1) is 5.92 Å². The van der Waals surface area contributed by atoms with Crippen molar-refractivity contribution >= 4 is 5.97 Å². The number of phenolic OH excluding ortho intramolecular Hbond substituents is 1. The highest BCUT2D eigenvalue weighted by atomic mass is 16.6. The zero-order chi connectivity index (χ0) is 15.6. The average molecular weight is 302 g/mol. The number of aryl methyl sites for hydroxylation is 1. The Hall–Kier alpha value is -1.97. The largest absolute Gasteiger partial charge is 0.512 e. The van der Waals surface area contributed by atoms with E-state index in [0.29, 0.717) is 25.2 Å². The van der Waals surface area contributed by atoms with E-state index in [1.54, 1.807) is 12.1 Å². The third-order valence-electron chi connectivity index (χ3n) is 4.92. The Morgan fingerprint density at radius 1 is 1.23 bits per heavy atom. The molecule has 1 aromatic rings. The number of benzene rings is 1. The quantitative estimate of drug-likeness (QED) is 0.833. The summed E-state index contributed by atoms with van der Waals surface area (Å²) in [6, 6.07) is 7.16. The lowest BCUT2D eigenvalue weighted by molar-refractivity contribution is -0.165. The maximum atomic E-state index is 11.8. The Kier molecular flexibility index (Phi) is 4.10. The molecule has 1 heterocycles. The van der Waals surface area contributed by atoms with Gasteiger partial charge in [-0.1, -0.05) is 25.0 Å². The van der Waals surface area contributed by atoms with Crippen LogP contribution in [-0.2, 0) is 16.0 Å². The SMILES string of the molecule is O=C1C=C(O)C[C@](CCc2cccc(O)c2)(C2CCCC2)O1. The molecule has 22 heavy (non-hydrogen) atoms. The number of cyclic esters (lactones) is 1. The number of aliphatic hydroxyl groups excluding tert-OH is 1. The topological polar surface area (TPSA) is 66.8 Å². The van der Waals surface area contributed by atoms with Crippen LogP contribution >= 0.6 is 0 Å². The molecule has 0 radical (unpaired) electrons. The van der Waals surface area contributed by atoms with Gasteiger partial charge >= 0.3 is 5.97 Å². The Balaban J connectivity index is 1.80. The zero-order valence-electron chi connectivity index (χ0n) is 12.6. The van der Waals surface area contributed by atoms with E-state index < -0.39 is 11.6 Å². The summed E-state index contributed by atoms with van der Waals surface area (Å²) in [4.78, 5) is 11.8. The van der Waals surface area contributed by atoms with Crippen LogP contribution in [0.1, 0.15) is 44.1 Å². The smallest absolute Gasteiger partial charge is 0.334 e. The highest BCUT2D eigenvalue weighted by Crippen LogP contribution is 2.44. The Bertz CT molecular complexity index is 587. The van der Waals surface area contributed by atoms with Gasteiger partial charge in [0.15, 0.2) is 0 Å². The third-order valence-corrected chi connectivity index (χ3v) is 4.92. The number of phenols is 1. The number of esters is 1. The molecule has 1 aromatic carbocycles. The summed E-state index contributed by atoms with van der Waals surface area (Å²) in [6.45, 7) is 0. The Morgan fingerprint density at radius 3 is 2.68 bits per heavy atom. The van der Waals surface area contributed by atoms with E-state index in [0.717, 1.165) is 31.2 Å². The molecular formula is C18H22O4. The van der Waals surface area contributed by atoms with Crippen molar-refractivity contribution in [3.63, 3.8) is 0 Å². The van der Waals surface area contributed by atoms with Crippen molar-refractivity contribution in [2.75, 3.05) is 0 Å². The van der Waals surface area contributed by atoms with Crippen molar-refractivity contribution in [2.24, 2.45) is 5.92 Å². The number of rotatable bonds is 4. The van der Waals surface area contributed by atoms with Crippen LogP contribution in [0.2, 0.25) is 0 Å². The molecule has 118 valence electrons. The highest BCUT2D eigenvalue weighted by Gasteiger charge is 2.45. The van der Waals surface area contributed by atoms with E-state index in [2.05, 4.69) is 0 Å². The van der Waals surface area contributed by atoms with Crippen LogP contribution < -0.4 is 0 Å². The molecule has 1 aliphatic heterocycles. The van der Waals surface area contributed by atoms with Gasteiger partial charge in [0.1, 0.15) is 17.1 Å². The normalized spacial score (nSPS) is 25.8. The molecule has 1 atom stereocenters. The van der Waals surface area contributed by atoms with E-state index in [4.69, 9.17) is 4.74 Å². The van der Waals surface area contributed by atoms with Crippen molar-refractivity contribution in [1.82, 2.24) is 0 Å². The second-order valence-electron chi connectivity index (χ2n) is 6.45. The standard InChI is InChI=1S/C18H22O4/c19-15-7-3-4-13(10-15)8-9-18(14-5-1-2-6-14)12-16(20)11-17(21)22-18/h3-4,7,10-11,14,19-20H,1-2,5-6,8-9,12H2/t18-/m1/s1. The summed E-state index contributed by atoms with van der Waals surface area (Å²) in [5.74, 6) is 0.242. The summed E-state index contributed by atoms with van der Waals surface area (Å²) >= 11 is 0. The molecule has 2 N–H and O–H groups in total. The molecule has 0 spiro atoms. The maximum Gasteiger partial charge on any atom is 0.334 e. The van der Waals surface area contributed by atoms with Gasteiger partial charge in [0.25, 0.3) is 0 Å². The van der Waals surface area contributed by atoms with Crippen LogP contribution in [0.4, 0.5) is 0 Å². The molecular weight excluding hydrogens is 280 g/mol. The first-order valence-corrected chi connectivity index (χ1v) is 7.98. The lowest BCUT2D eigenvalue weighted by atomic mass is 9.77. The maximum absolute atomic E-state index is 11.8. The van der Waals surface area contributed by atoms with Gasteiger partial charge in [0.2, 0.25) is 0 Å². The number of aliphatic hydroxyl groups is 1. The van der Waals surface area contributed by atoms with Crippen LogP contribution in [0.5, 0.6) is 5.75 Å². The van der Waals surface area contributed by atoms with Crippen LogP contribution in [0.3, 0.4) is 0 Å². The van der Waals surface area contributed by atoms with Gasteiger partial charge in [-0.2, -0.15) is 0 Å². The van der Waals surface area contributed by atoms with Gasteiger partial charge in [0, 0.05) is 6.42 Å². The van der Waals surface area contributed by atoms with E-state index in [-0.39, 0.29) is 11.5 Å². The third kappa shape index (κ3) is 3.11. The molecule has 4 nitrogen and oxygen atoms in total. The molecule has 0 unspecified atom stereocenters. The molecule has 0 aromatic heterocycles. The molecule has 0 saturated heterocycles.